The fourth-order valence-corrected chi connectivity index (χ4v) is 2.63. The summed E-state index contributed by atoms with van der Waals surface area (Å²) < 4.78 is 11.3. The van der Waals surface area contributed by atoms with Gasteiger partial charge in [-0.1, -0.05) is 24.3 Å². The second-order valence-electron chi connectivity index (χ2n) is 6.43. The summed E-state index contributed by atoms with van der Waals surface area (Å²) in [6, 6.07) is 15.0. The van der Waals surface area contributed by atoms with Crippen LogP contribution in [0.3, 0.4) is 0 Å². The van der Waals surface area contributed by atoms with Crippen LogP contribution in [0.1, 0.15) is 29.8 Å². The molecule has 3 N–H and O–H groups in total. The molecule has 2 aromatic carbocycles. The molecule has 0 aliphatic carbocycles. The molecule has 0 bridgehead atoms. The Labute approximate surface area is 195 Å². The number of amides is 1. The highest BCUT2D eigenvalue weighted by Crippen LogP contribution is 2.26. The van der Waals surface area contributed by atoms with Gasteiger partial charge in [0.05, 0.1) is 20.2 Å². The van der Waals surface area contributed by atoms with E-state index in [0.717, 1.165) is 12.1 Å². The van der Waals surface area contributed by atoms with Gasteiger partial charge in [0.1, 0.15) is 6.10 Å². The van der Waals surface area contributed by atoms with Crippen LogP contribution in [0.4, 0.5) is 0 Å². The molecule has 0 aliphatic heterocycles. The van der Waals surface area contributed by atoms with Gasteiger partial charge in [0.2, 0.25) is 0 Å². The zero-order chi connectivity index (χ0) is 21.1. The van der Waals surface area contributed by atoms with Gasteiger partial charge in [-0.2, -0.15) is 0 Å². The van der Waals surface area contributed by atoms with Crippen LogP contribution in [-0.4, -0.2) is 45.2 Å². The van der Waals surface area contributed by atoms with Gasteiger partial charge in [0.15, 0.2) is 17.5 Å². The number of carbonyl (C=O) groups is 1. The molecule has 0 aromatic heterocycles. The van der Waals surface area contributed by atoms with E-state index in [0.29, 0.717) is 36.1 Å². The molecule has 7 nitrogen and oxygen atoms in total. The summed E-state index contributed by atoms with van der Waals surface area (Å²) in [6.07, 6.45) is -0.0815. The second-order valence-corrected chi connectivity index (χ2v) is 6.43. The van der Waals surface area contributed by atoms with E-state index in [9.17, 15) is 4.79 Å². The van der Waals surface area contributed by atoms with Gasteiger partial charge in [-0.25, -0.2) is 4.99 Å². The Bertz CT molecular complexity index is 812. The molecule has 0 saturated heterocycles. The van der Waals surface area contributed by atoms with Crippen LogP contribution >= 0.6 is 24.0 Å². The van der Waals surface area contributed by atoms with Crippen molar-refractivity contribution in [3.63, 3.8) is 0 Å². The maximum atomic E-state index is 11.6. The highest BCUT2D eigenvalue weighted by molar-refractivity contribution is 14.0. The lowest BCUT2D eigenvalue weighted by molar-refractivity contribution is 0.0963. The summed E-state index contributed by atoms with van der Waals surface area (Å²) >= 11 is 0. The topological polar surface area (TPSA) is 84.0 Å². The van der Waals surface area contributed by atoms with Gasteiger partial charge in [-0.05, 0) is 43.7 Å². The van der Waals surface area contributed by atoms with E-state index in [1.807, 2.05) is 50.2 Å². The molecule has 1 amide bonds. The van der Waals surface area contributed by atoms with Crippen molar-refractivity contribution >= 4 is 35.8 Å². The van der Waals surface area contributed by atoms with E-state index in [1.54, 1.807) is 26.3 Å². The third-order valence-electron chi connectivity index (χ3n) is 4.16. The Kier molecular flexibility index (Phi) is 11.7. The number of para-hydroxylation sites is 2. The number of hydrogen-bond donors (Lipinski definition) is 3. The average molecular weight is 526 g/mol. The molecule has 164 valence electrons. The van der Waals surface area contributed by atoms with Crippen LogP contribution in [0.2, 0.25) is 0 Å². The zero-order valence-corrected chi connectivity index (χ0v) is 20.2. The van der Waals surface area contributed by atoms with Crippen LogP contribution in [0.15, 0.2) is 53.5 Å². The molecule has 1 atom stereocenters. The van der Waals surface area contributed by atoms with Gasteiger partial charge in [-0.3, -0.25) is 4.79 Å². The first-order valence-electron chi connectivity index (χ1n) is 9.70. The highest BCUT2D eigenvalue weighted by atomic mass is 127. The number of carbonyl (C=O) groups excluding carboxylic acids is 1. The van der Waals surface area contributed by atoms with Crippen molar-refractivity contribution in [1.82, 2.24) is 16.0 Å². The molecule has 0 fully saturated rings. The molecule has 0 radical (unpaired) electrons. The van der Waals surface area contributed by atoms with E-state index in [4.69, 9.17) is 9.47 Å². The quantitative estimate of drug-likeness (QED) is 0.266. The Morgan fingerprint density at radius 2 is 1.73 bits per heavy atom. The lowest BCUT2D eigenvalue weighted by atomic mass is 10.1. The third-order valence-corrected chi connectivity index (χ3v) is 4.16. The van der Waals surface area contributed by atoms with Crippen LogP contribution in [0.25, 0.3) is 0 Å². The largest absolute Gasteiger partial charge is 0.493 e. The number of nitrogens with one attached hydrogen (secondary N) is 3. The fraction of sp³-hybridized carbons (Fsp3) is 0.364. The number of halogens is 1. The smallest absolute Gasteiger partial charge is 0.251 e. The maximum Gasteiger partial charge on any atom is 0.251 e. The average Bonchev–Trinajstić information content (AvgIpc) is 2.75. The Morgan fingerprint density at radius 3 is 2.33 bits per heavy atom. The highest BCUT2D eigenvalue weighted by Gasteiger charge is 2.09. The van der Waals surface area contributed by atoms with Gasteiger partial charge in [0, 0.05) is 19.2 Å². The first kappa shape index (κ1) is 25.5. The summed E-state index contributed by atoms with van der Waals surface area (Å²) in [5, 5.41) is 9.14. The van der Waals surface area contributed by atoms with Gasteiger partial charge < -0.3 is 25.4 Å². The molecule has 0 heterocycles. The number of benzene rings is 2. The number of guanidine groups is 1. The molecule has 0 saturated carbocycles. The van der Waals surface area contributed by atoms with E-state index in [-0.39, 0.29) is 36.0 Å². The third kappa shape index (κ3) is 8.10. The number of ether oxygens (including phenoxy) is 2. The summed E-state index contributed by atoms with van der Waals surface area (Å²) in [5.74, 6) is 2.03. The Hall–Kier alpha value is -2.49. The number of methoxy groups -OCH3 is 1. The first-order chi connectivity index (χ1) is 14.1. The van der Waals surface area contributed by atoms with Crippen LogP contribution in [-0.2, 0) is 6.54 Å². The van der Waals surface area contributed by atoms with Crippen LogP contribution in [0.5, 0.6) is 11.5 Å². The van der Waals surface area contributed by atoms with E-state index < -0.39 is 0 Å². The molecule has 0 aliphatic rings. The number of aliphatic imine (C=N–C) groups is 1. The Balaban J connectivity index is 0.00000450. The molecule has 30 heavy (non-hydrogen) atoms. The summed E-state index contributed by atoms with van der Waals surface area (Å²) in [7, 11) is 3.25. The maximum absolute atomic E-state index is 11.6. The number of hydrogen-bond acceptors (Lipinski definition) is 4. The van der Waals surface area contributed by atoms with Gasteiger partial charge >= 0.3 is 0 Å². The van der Waals surface area contributed by atoms with E-state index in [2.05, 4.69) is 20.9 Å². The molecular formula is C22H31IN4O3. The SMILES string of the molecule is CCNC(=NCc1ccc(C(=O)NC)cc1)NCC(C)Oc1ccccc1OC.I. The summed E-state index contributed by atoms with van der Waals surface area (Å²) in [6.45, 7) is 5.85. The number of rotatable bonds is 9. The molecule has 8 heteroatoms. The molecule has 1 unspecified atom stereocenters. The minimum Gasteiger partial charge on any atom is -0.493 e. The molecule has 2 aromatic rings. The van der Waals surface area contributed by atoms with Crippen LogP contribution in [0, 0.1) is 0 Å². The standard InChI is InChI=1S/C22H30N4O3.HI/c1-5-24-22(26-15-17-10-12-18(13-11-17)21(27)23-3)25-14-16(2)29-20-9-7-6-8-19(20)28-4;/h6-13,16H,5,14-15H2,1-4H3,(H,23,27)(H2,24,25,26);1H. The molecular weight excluding hydrogens is 495 g/mol. The minimum atomic E-state index is -0.0981. The van der Waals surface area contributed by atoms with Crippen molar-refractivity contribution in [2.75, 3.05) is 27.2 Å². The normalized spacial score (nSPS) is 11.7. The van der Waals surface area contributed by atoms with Gasteiger partial charge in [0.25, 0.3) is 5.91 Å². The van der Waals surface area contributed by atoms with Crippen molar-refractivity contribution < 1.29 is 14.3 Å². The van der Waals surface area contributed by atoms with Crippen molar-refractivity contribution in [2.45, 2.75) is 26.5 Å². The fourth-order valence-electron chi connectivity index (χ4n) is 2.63. The zero-order valence-electron chi connectivity index (χ0n) is 17.9. The van der Waals surface area contributed by atoms with E-state index in [1.165, 1.54) is 0 Å². The minimum absolute atomic E-state index is 0. The van der Waals surface area contributed by atoms with Crippen molar-refractivity contribution in [2.24, 2.45) is 4.99 Å². The summed E-state index contributed by atoms with van der Waals surface area (Å²) in [4.78, 5) is 16.2. The van der Waals surface area contributed by atoms with Crippen molar-refractivity contribution in [3.8, 4) is 11.5 Å². The molecule has 2 rings (SSSR count). The lowest BCUT2D eigenvalue weighted by Gasteiger charge is -2.19. The first-order valence-corrected chi connectivity index (χ1v) is 9.70. The van der Waals surface area contributed by atoms with Crippen molar-refractivity contribution in [1.29, 1.82) is 0 Å². The van der Waals surface area contributed by atoms with Gasteiger partial charge in [-0.15, -0.1) is 24.0 Å². The summed E-state index contributed by atoms with van der Waals surface area (Å²) in [5.41, 5.74) is 1.65. The second kappa shape index (κ2) is 13.7. The predicted molar refractivity (Wildman–Crippen MR) is 131 cm³/mol. The lowest BCUT2D eigenvalue weighted by Crippen LogP contribution is -2.41. The Morgan fingerprint density at radius 1 is 1.07 bits per heavy atom. The monoisotopic (exact) mass is 526 g/mol. The predicted octanol–water partition coefficient (Wildman–Crippen LogP) is 3.20. The number of nitrogens with zero attached hydrogens (tertiary/aromatic N) is 1. The van der Waals surface area contributed by atoms with E-state index >= 15 is 0 Å². The van der Waals surface area contributed by atoms with Crippen LogP contribution < -0.4 is 25.4 Å². The molecule has 0 spiro atoms. The van der Waals surface area contributed by atoms with Crippen molar-refractivity contribution in [3.05, 3.63) is 59.7 Å².